The molecule has 154 valence electrons. The molecule has 0 N–H and O–H groups in total. The smallest absolute Gasteiger partial charge is 0.338 e. The average Bonchev–Trinajstić information content (AvgIpc) is 3.37. The third kappa shape index (κ3) is 3.50. The SMILES string of the molecule is CCOC(=O)C1=C(C)n2c(s/c(=C\c3ccc(OC)cc3)c2=O)=N[C@H]1c1ccco1. The van der Waals surface area contributed by atoms with Crippen molar-refractivity contribution >= 4 is 29.1 Å². The Labute approximate surface area is 176 Å². The maximum Gasteiger partial charge on any atom is 0.338 e. The van der Waals surface area contributed by atoms with Crippen molar-refractivity contribution < 1.29 is 18.7 Å². The molecule has 0 aliphatic carbocycles. The Morgan fingerprint density at radius 3 is 2.70 bits per heavy atom. The van der Waals surface area contributed by atoms with Crippen LogP contribution in [-0.2, 0) is 9.53 Å². The molecule has 30 heavy (non-hydrogen) atoms. The van der Waals surface area contributed by atoms with Crippen LogP contribution in [0.2, 0.25) is 0 Å². The van der Waals surface area contributed by atoms with Crippen molar-refractivity contribution in [2.24, 2.45) is 4.99 Å². The first kappa shape index (κ1) is 19.9. The van der Waals surface area contributed by atoms with E-state index in [4.69, 9.17) is 13.9 Å². The second kappa shape index (κ2) is 8.16. The van der Waals surface area contributed by atoms with Crippen LogP contribution in [0.5, 0.6) is 5.75 Å². The van der Waals surface area contributed by atoms with Crippen molar-refractivity contribution in [3.63, 3.8) is 0 Å². The summed E-state index contributed by atoms with van der Waals surface area (Å²) in [7, 11) is 1.60. The monoisotopic (exact) mass is 424 g/mol. The Bertz CT molecular complexity index is 1280. The molecule has 0 fully saturated rings. The lowest BCUT2D eigenvalue weighted by Gasteiger charge is -2.20. The number of benzene rings is 1. The molecule has 0 unspecified atom stereocenters. The number of carbonyl (C=O) groups excluding carboxylic acids is 1. The number of aromatic nitrogens is 1. The van der Waals surface area contributed by atoms with Crippen LogP contribution in [0.25, 0.3) is 11.8 Å². The first-order valence-electron chi connectivity index (χ1n) is 9.40. The number of ether oxygens (including phenoxy) is 2. The number of carbonyl (C=O) groups is 1. The summed E-state index contributed by atoms with van der Waals surface area (Å²) in [5.74, 6) is 0.748. The molecule has 2 aromatic heterocycles. The van der Waals surface area contributed by atoms with E-state index in [0.29, 0.717) is 26.4 Å². The quantitative estimate of drug-likeness (QED) is 0.588. The van der Waals surface area contributed by atoms with Gasteiger partial charge in [-0.25, -0.2) is 9.79 Å². The molecule has 4 rings (SSSR count). The average molecular weight is 424 g/mol. The van der Waals surface area contributed by atoms with E-state index in [1.807, 2.05) is 24.3 Å². The summed E-state index contributed by atoms with van der Waals surface area (Å²) in [6, 6.07) is 10.2. The maximum atomic E-state index is 13.1. The fraction of sp³-hybridized carbons (Fsp3) is 0.227. The summed E-state index contributed by atoms with van der Waals surface area (Å²) in [4.78, 5) is 31.0. The van der Waals surface area contributed by atoms with Gasteiger partial charge >= 0.3 is 5.97 Å². The first-order valence-corrected chi connectivity index (χ1v) is 10.2. The summed E-state index contributed by atoms with van der Waals surface area (Å²) in [5, 5.41) is 0. The molecule has 7 nitrogen and oxygen atoms in total. The number of thiazole rings is 1. The van der Waals surface area contributed by atoms with Crippen molar-refractivity contribution in [3.05, 3.63) is 79.2 Å². The Hall–Kier alpha value is -3.39. The fourth-order valence-electron chi connectivity index (χ4n) is 3.32. The molecule has 0 radical (unpaired) electrons. The third-order valence-electron chi connectivity index (χ3n) is 4.77. The Kier molecular flexibility index (Phi) is 5.41. The summed E-state index contributed by atoms with van der Waals surface area (Å²) in [5.41, 5.74) is 1.43. The van der Waals surface area contributed by atoms with Crippen molar-refractivity contribution in [2.75, 3.05) is 13.7 Å². The van der Waals surface area contributed by atoms with Crippen molar-refractivity contribution in [1.29, 1.82) is 0 Å². The zero-order chi connectivity index (χ0) is 21.3. The summed E-state index contributed by atoms with van der Waals surface area (Å²) in [6.07, 6.45) is 3.33. The highest BCUT2D eigenvalue weighted by Crippen LogP contribution is 2.32. The van der Waals surface area contributed by atoms with E-state index in [1.54, 1.807) is 39.2 Å². The van der Waals surface area contributed by atoms with E-state index in [2.05, 4.69) is 4.99 Å². The molecular weight excluding hydrogens is 404 g/mol. The lowest BCUT2D eigenvalue weighted by Crippen LogP contribution is -2.35. The standard InChI is InChI=1S/C22H20N2O5S/c1-4-28-21(26)18-13(2)24-20(25)17(12-14-7-9-15(27-3)10-8-14)30-22(24)23-19(18)16-6-5-11-29-16/h5-12,19H,4H2,1-3H3/b17-12-/t19-/m0/s1. The number of allylic oxidation sites excluding steroid dienone is 1. The number of nitrogens with zero attached hydrogens (tertiary/aromatic N) is 2. The predicted molar refractivity (Wildman–Crippen MR) is 113 cm³/mol. The summed E-state index contributed by atoms with van der Waals surface area (Å²) >= 11 is 1.27. The molecule has 0 saturated carbocycles. The van der Waals surface area contributed by atoms with Gasteiger partial charge in [-0.3, -0.25) is 9.36 Å². The van der Waals surface area contributed by atoms with Crippen LogP contribution in [0.3, 0.4) is 0 Å². The van der Waals surface area contributed by atoms with E-state index in [-0.39, 0.29) is 12.2 Å². The number of methoxy groups -OCH3 is 1. The van der Waals surface area contributed by atoms with Crippen LogP contribution in [0.1, 0.15) is 31.2 Å². The maximum absolute atomic E-state index is 13.1. The molecule has 8 heteroatoms. The predicted octanol–water partition coefficient (Wildman–Crippen LogP) is 2.51. The zero-order valence-corrected chi connectivity index (χ0v) is 17.6. The van der Waals surface area contributed by atoms with Crippen LogP contribution < -0.4 is 19.6 Å². The Morgan fingerprint density at radius 2 is 2.07 bits per heavy atom. The van der Waals surface area contributed by atoms with Crippen molar-refractivity contribution in [3.8, 4) is 5.75 Å². The molecule has 0 bridgehead atoms. The lowest BCUT2D eigenvalue weighted by molar-refractivity contribution is -0.138. The fourth-order valence-corrected chi connectivity index (χ4v) is 4.36. The lowest BCUT2D eigenvalue weighted by atomic mass is 10.0. The second-order valence-corrected chi connectivity index (χ2v) is 7.58. The van der Waals surface area contributed by atoms with E-state index in [1.165, 1.54) is 22.2 Å². The van der Waals surface area contributed by atoms with Gasteiger partial charge in [-0.05, 0) is 49.8 Å². The summed E-state index contributed by atoms with van der Waals surface area (Å²) in [6.45, 7) is 3.69. The van der Waals surface area contributed by atoms with Crippen LogP contribution in [0, 0.1) is 0 Å². The van der Waals surface area contributed by atoms with Gasteiger partial charge in [0.2, 0.25) is 0 Å². The van der Waals surface area contributed by atoms with Gasteiger partial charge in [-0.1, -0.05) is 23.5 Å². The molecule has 1 aliphatic heterocycles. The van der Waals surface area contributed by atoms with Crippen LogP contribution in [-0.4, -0.2) is 24.3 Å². The minimum absolute atomic E-state index is 0.225. The molecule has 0 saturated heterocycles. The molecule has 1 aromatic carbocycles. The van der Waals surface area contributed by atoms with Gasteiger partial charge in [0.1, 0.15) is 17.6 Å². The van der Waals surface area contributed by atoms with Gasteiger partial charge < -0.3 is 13.9 Å². The molecule has 3 aromatic rings. The van der Waals surface area contributed by atoms with Crippen molar-refractivity contribution in [1.82, 2.24) is 4.57 Å². The first-order chi connectivity index (χ1) is 14.5. The van der Waals surface area contributed by atoms with E-state index in [0.717, 1.165) is 11.3 Å². The van der Waals surface area contributed by atoms with Gasteiger partial charge in [0.15, 0.2) is 4.80 Å². The minimum Gasteiger partial charge on any atom is -0.497 e. The number of hydrogen-bond donors (Lipinski definition) is 0. The summed E-state index contributed by atoms with van der Waals surface area (Å²) < 4.78 is 17.9. The number of furan rings is 1. The molecular formula is C22H20N2O5S. The molecule has 0 amide bonds. The highest BCUT2D eigenvalue weighted by atomic mass is 32.1. The van der Waals surface area contributed by atoms with Crippen LogP contribution in [0.15, 0.2) is 62.4 Å². The molecule has 3 heterocycles. The zero-order valence-electron chi connectivity index (χ0n) is 16.7. The molecule has 0 spiro atoms. The van der Waals surface area contributed by atoms with Crippen LogP contribution in [0.4, 0.5) is 0 Å². The third-order valence-corrected chi connectivity index (χ3v) is 5.75. The highest BCUT2D eigenvalue weighted by molar-refractivity contribution is 7.07. The molecule has 1 aliphatic rings. The van der Waals surface area contributed by atoms with Gasteiger partial charge in [0.05, 0.1) is 30.1 Å². The van der Waals surface area contributed by atoms with Crippen LogP contribution >= 0.6 is 11.3 Å². The topological polar surface area (TPSA) is 83.0 Å². The van der Waals surface area contributed by atoms with E-state index < -0.39 is 12.0 Å². The Balaban J connectivity index is 1.90. The van der Waals surface area contributed by atoms with E-state index in [9.17, 15) is 9.59 Å². The number of esters is 1. The number of rotatable bonds is 5. The highest BCUT2D eigenvalue weighted by Gasteiger charge is 2.32. The largest absolute Gasteiger partial charge is 0.497 e. The number of fused-ring (bicyclic) bond motifs is 1. The Morgan fingerprint density at radius 1 is 1.30 bits per heavy atom. The van der Waals surface area contributed by atoms with Gasteiger partial charge in [-0.2, -0.15) is 0 Å². The van der Waals surface area contributed by atoms with Gasteiger partial charge in [0, 0.05) is 5.70 Å². The minimum atomic E-state index is -0.661. The normalized spacial score (nSPS) is 16.2. The van der Waals surface area contributed by atoms with Gasteiger partial charge in [0.25, 0.3) is 5.56 Å². The van der Waals surface area contributed by atoms with Crippen molar-refractivity contribution in [2.45, 2.75) is 19.9 Å². The second-order valence-electron chi connectivity index (χ2n) is 6.57. The number of hydrogen-bond acceptors (Lipinski definition) is 7. The molecule has 1 atom stereocenters. The van der Waals surface area contributed by atoms with Gasteiger partial charge in [-0.15, -0.1) is 0 Å². The van der Waals surface area contributed by atoms with E-state index >= 15 is 0 Å².